The Balaban J connectivity index is 2.49. The number of anilines is 1. The molecule has 1 aromatic rings. The highest BCUT2D eigenvalue weighted by Gasteiger charge is 2.10. The summed E-state index contributed by atoms with van der Waals surface area (Å²) in [5.74, 6) is -0.609. The maximum Gasteiger partial charge on any atom is 0.356 e. The molecular weight excluding hydrogens is 244 g/mol. The fourth-order valence-electron chi connectivity index (χ4n) is 1.28. The van der Waals surface area contributed by atoms with E-state index < -0.39 is 5.97 Å². The molecule has 0 aromatic carbocycles. The Morgan fingerprint density at radius 1 is 1.53 bits per heavy atom. The molecule has 17 heavy (non-hydrogen) atoms. The number of rotatable bonds is 7. The van der Waals surface area contributed by atoms with E-state index in [0.717, 1.165) is 26.0 Å². The monoisotopic (exact) mass is 258 g/mol. The second-order valence-electron chi connectivity index (χ2n) is 3.46. The summed E-state index contributed by atoms with van der Waals surface area (Å²) in [4.78, 5) is 14.7. The van der Waals surface area contributed by atoms with Gasteiger partial charge in [0, 0.05) is 20.3 Å². The van der Waals surface area contributed by atoms with Gasteiger partial charge in [-0.25, -0.2) is 9.78 Å². The number of carboxylic acid groups (broad SMARTS) is 1. The van der Waals surface area contributed by atoms with Gasteiger partial charge >= 0.3 is 5.97 Å². The first kappa shape index (κ1) is 13.7. The molecule has 0 spiro atoms. The first-order valence-electron chi connectivity index (χ1n) is 5.28. The Morgan fingerprint density at radius 3 is 2.94 bits per heavy atom. The third-order valence-electron chi connectivity index (χ3n) is 2.13. The number of carboxylic acids is 1. The van der Waals surface area contributed by atoms with Gasteiger partial charge < -0.3 is 15.2 Å². The molecule has 0 unspecified atom stereocenters. The van der Waals surface area contributed by atoms with E-state index in [-0.39, 0.29) is 10.7 Å². The molecule has 0 saturated carbocycles. The van der Waals surface area contributed by atoms with Gasteiger partial charge in [0.2, 0.25) is 0 Å². The highest BCUT2D eigenvalue weighted by Crippen LogP contribution is 2.16. The fourth-order valence-corrected chi connectivity index (χ4v) is 1.46. The highest BCUT2D eigenvalue weighted by atomic mass is 35.5. The minimum absolute atomic E-state index is 0.131. The molecule has 0 amide bonds. The minimum Gasteiger partial charge on any atom is -0.476 e. The van der Waals surface area contributed by atoms with Gasteiger partial charge in [0.25, 0.3) is 0 Å². The molecule has 5 nitrogen and oxygen atoms in total. The van der Waals surface area contributed by atoms with E-state index in [9.17, 15) is 4.79 Å². The molecule has 6 heteroatoms. The third-order valence-corrected chi connectivity index (χ3v) is 2.43. The number of nitrogens with zero attached hydrogens (tertiary/aromatic N) is 1. The molecule has 1 rings (SSSR count). The number of aromatic carboxylic acids is 1. The van der Waals surface area contributed by atoms with Crippen molar-refractivity contribution in [1.29, 1.82) is 0 Å². The van der Waals surface area contributed by atoms with Crippen LogP contribution in [0, 0.1) is 0 Å². The number of ether oxygens (including phenoxy) is 1. The van der Waals surface area contributed by atoms with Crippen LogP contribution in [0.15, 0.2) is 12.1 Å². The quantitative estimate of drug-likeness (QED) is 0.734. The average molecular weight is 259 g/mol. The van der Waals surface area contributed by atoms with Crippen LogP contribution >= 0.6 is 11.6 Å². The summed E-state index contributed by atoms with van der Waals surface area (Å²) < 4.78 is 4.92. The number of halogens is 1. The molecule has 0 fully saturated rings. The average Bonchev–Trinajstić information content (AvgIpc) is 2.30. The molecule has 0 bridgehead atoms. The number of pyridine rings is 1. The number of hydrogen-bond donors (Lipinski definition) is 2. The van der Waals surface area contributed by atoms with E-state index in [1.165, 1.54) is 6.07 Å². The number of carbonyl (C=O) groups is 1. The molecule has 1 heterocycles. The second kappa shape index (κ2) is 7.09. The van der Waals surface area contributed by atoms with Gasteiger partial charge in [0.15, 0.2) is 5.69 Å². The molecule has 0 atom stereocenters. The first-order valence-corrected chi connectivity index (χ1v) is 5.65. The van der Waals surface area contributed by atoms with Gasteiger partial charge in [-0.3, -0.25) is 0 Å². The van der Waals surface area contributed by atoms with Crippen molar-refractivity contribution in [1.82, 2.24) is 4.98 Å². The molecular formula is C11H15ClN2O3. The van der Waals surface area contributed by atoms with Gasteiger partial charge in [0.1, 0.15) is 5.82 Å². The second-order valence-corrected chi connectivity index (χ2v) is 3.87. The smallest absolute Gasteiger partial charge is 0.356 e. The Morgan fingerprint density at radius 2 is 2.29 bits per heavy atom. The highest BCUT2D eigenvalue weighted by molar-refractivity contribution is 6.33. The van der Waals surface area contributed by atoms with Crippen LogP contribution in [0.2, 0.25) is 5.02 Å². The van der Waals surface area contributed by atoms with Gasteiger partial charge in [-0.1, -0.05) is 11.6 Å². The fraction of sp³-hybridized carbons (Fsp3) is 0.455. The zero-order chi connectivity index (χ0) is 12.7. The standard InChI is InChI=1S/C11H15ClN2O3/c1-17-7-3-2-6-13-9-5-4-8(12)10(14-9)11(15)16/h4-5H,2-3,6-7H2,1H3,(H,13,14)(H,15,16). The lowest BCUT2D eigenvalue weighted by atomic mass is 10.3. The van der Waals surface area contributed by atoms with Crippen LogP contribution < -0.4 is 5.32 Å². The lowest BCUT2D eigenvalue weighted by Crippen LogP contribution is -2.08. The van der Waals surface area contributed by atoms with Crippen molar-refractivity contribution in [2.45, 2.75) is 12.8 Å². The predicted molar refractivity (Wildman–Crippen MR) is 65.8 cm³/mol. The van der Waals surface area contributed by atoms with Gasteiger partial charge in [-0.05, 0) is 25.0 Å². The summed E-state index contributed by atoms with van der Waals surface area (Å²) in [5.41, 5.74) is -0.131. The Bertz CT molecular complexity index is 385. The maximum atomic E-state index is 10.8. The lowest BCUT2D eigenvalue weighted by Gasteiger charge is -2.06. The minimum atomic E-state index is -1.13. The van der Waals surface area contributed by atoms with Crippen LogP contribution in [-0.2, 0) is 4.74 Å². The van der Waals surface area contributed by atoms with Crippen LogP contribution in [0.1, 0.15) is 23.3 Å². The van der Waals surface area contributed by atoms with Crippen molar-refractivity contribution >= 4 is 23.4 Å². The Kier molecular flexibility index (Phi) is 5.72. The van der Waals surface area contributed by atoms with Gasteiger partial charge in [-0.15, -0.1) is 0 Å². The van der Waals surface area contributed by atoms with Crippen molar-refractivity contribution in [2.24, 2.45) is 0 Å². The number of hydrogen-bond acceptors (Lipinski definition) is 4. The molecule has 94 valence electrons. The van der Waals surface area contributed by atoms with Crippen molar-refractivity contribution in [3.05, 3.63) is 22.8 Å². The predicted octanol–water partition coefficient (Wildman–Crippen LogP) is 2.27. The number of unbranched alkanes of at least 4 members (excludes halogenated alkanes) is 1. The van der Waals surface area contributed by atoms with Gasteiger partial charge in [-0.2, -0.15) is 0 Å². The number of aromatic nitrogens is 1. The molecule has 0 aliphatic carbocycles. The van der Waals surface area contributed by atoms with Crippen LogP contribution in [0.25, 0.3) is 0 Å². The zero-order valence-electron chi connectivity index (χ0n) is 9.57. The topological polar surface area (TPSA) is 71.5 Å². The molecule has 0 aliphatic rings. The lowest BCUT2D eigenvalue weighted by molar-refractivity contribution is 0.0691. The number of nitrogens with one attached hydrogen (secondary N) is 1. The van der Waals surface area contributed by atoms with Crippen LogP contribution in [0.5, 0.6) is 0 Å². The van der Waals surface area contributed by atoms with E-state index in [0.29, 0.717) is 5.82 Å². The summed E-state index contributed by atoms with van der Waals surface area (Å²) in [6.45, 7) is 1.44. The molecule has 0 aliphatic heterocycles. The normalized spacial score (nSPS) is 10.2. The van der Waals surface area contributed by atoms with Crippen LogP contribution in [-0.4, -0.2) is 36.3 Å². The third kappa shape index (κ3) is 4.58. The summed E-state index contributed by atoms with van der Waals surface area (Å²) in [7, 11) is 1.66. The molecule has 2 N–H and O–H groups in total. The molecule has 1 aromatic heterocycles. The van der Waals surface area contributed by atoms with E-state index in [4.69, 9.17) is 21.4 Å². The van der Waals surface area contributed by atoms with Crippen molar-refractivity contribution in [2.75, 3.05) is 25.6 Å². The van der Waals surface area contributed by atoms with Crippen molar-refractivity contribution in [3.63, 3.8) is 0 Å². The summed E-state index contributed by atoms with van der Waals surface area (Å²) in [5, 5.41) is 12.0. The van der Waals surface area contributed by atoms with E-state index >= 15 is 0 Å². The zero-order valence-corrected chi connectivity index (χ0v) is 10.3. The largest absolute Gasteiger partial charge is 0.476 e. The van der Waals surface area contributed by atoms with Crippen LogP contribution in [0.3, 0.4) is 0 Å². The summed E-state index contributed by atoms with van der Waals surface area (Å²) in [6, 6.07) is 3.18. The molecule has 0 saturated heterocycles. The Labute approximate surface area is 105 Å². The van der Waals surface area contributed by atoms with Gasteiger partial charge in [0.05, 0.1) is 5.02 Å². The van der Waals surface area contributed by atoms with E-state index in [2.05, 4.69) is 10.3 Å². The van der Waals surface area contributed by atoms with Crippen molar-refractivity contribution in [3.8, 4) is 0 Å². The van der Waals surface area contributed by atoms with E-state index in [1.807, 2.05) is 0 Å². The summed E-state index contributed by atoms with van der Waals surface area (Å²) in [6.07, 6.45) is 1.88. The van der Waals surface area contributed by atoms with E-state index in [1.54, 1.807) is 13.2 Å². The Hall–Kier alpha value is -1.33. The summed E-state index contributed by atoms with van der Waals surface area (Å²) >= 11 is 5.71. The maximum absolute atomic E-state index is 10.8. The van der Waals surface area contributed by atoms with Crippen LogP contribution in [0.4, 0.5) is 5.82 Å². The first-order chi connectivity index (χ1) is 8.15. The SMILES string of the molecule is COCCCCNc1ccc(Cl)c(C(=O)O)n1. The number of methoxy groups -OCH3 is 1. The van der Waals surface area contributed by atoms with Crippen molar-refractivity contribution < 1.29 is 14.6 Å². The molecule has 0 radical (unpaired) electrons.